The molecule has 0 saturated heterocycles. The van der Waals surface area contributed by atoms with Gasteiger partial charge in [0.25, 0.3) is 0 Å². The molecular formula is C13H7BrF5NS. The summed E-state index contributed by atoms with van der Waals surface area (Å²) in [6.45, 7) is 0. The number of anilines is 1. The first-order valence-electron chi connectivity index (χ1n) is 5.51. The Kier molecular flexibility index (Phi) is 4.77. The summed E-state index contributed by atoms with van der Waals surface area (Å²) in [6.07, 6.45) is 0. The summed E-state index contributed by atoms with van der Waals surface area (Å²) in [6, 6.07) is 4.71. The molecule has 2 aromatic rings. The quantitative estimate of drug-likeness (QED) is 0.265. The molecule has 0 aliphatic rings. The standard InChI is InChI=1S/C13H7BrF5NS/c14-7-3-5(20)1-2-8(7)21-4-6-9(15)11(17)13(19)12(18)10(6)16/h1-3H,4,20H2. The summed E-state index contributed by atoms with van der Waals surface area (Å²) in [5.41, 5.74) is 5.15. The Balaban J connectivity index is 2.32. The lowest BCUT2D eigenvalue weighted by Gasteiger charge is -2.09. The molecule has 1 nitrogen and oxygen atoms in total. The van der Waals surface area contributed by atoms with Gasteiger partial charge in [0, 0.05) is 26.4 Å². The Morgan fingerprint density at radius 2 is 1.43 bits per heavy atom. The van der Waals surface area contributed by atoms with Gasteiger partial charge < -0.3 is 5.73 Å². The van der Waals surface area contributed by atoms with E-state index >= 15 is 0 Å². The zero-order chi connectivity index (χ0) is 15.7. The van der Waals surface area contributed by atoms with E-state index in [2.05, 4.69) is 15.9 Å². The molecule has 0 bridgehead atoms. The molecule has 0 unspecified atom stereocenters. The molecule has 8 heteroatoms. The zero-order valence-corrected chi connectivity index (χ0v) is 12.6. The number of benzene rings is 2. The van der Waals surface area contributed by atoms with Crippen LogP contribution in [0.1, 0.15) is 5.56 Å². The molecule has 0 atom stereocenters. The van der Waals surface area contributed by atoms with Gasteiger partial charge in [-0.3, -0.25) is 0 Å². The van der Waals surface area contributed by atoms with Gasteiger partial charge in [0.1, 0.15) is 0 Å². The van der Waals surface area contributed by atoms with Crippen molar-refractivity contribution in [2.45, 2.75) is 10.6 Å². The second-order valence-corrected chi connectivity index (χ2v) is 5.90. The minimum Gasteiger partial charge on any atom is -0.399 e. The Morgan fingerprint density at radius 3 is 1.95 bits per heavy atom. The summed E-state index contributed by atoms with van der Waals surface area (Å²) in [7, 11) is 0. The van der Waals surface area contributed by atoms with E-state index in [9.17, 15) is 22.0 Å². The van der Waals surface area contributed by atoms with Crippen molar-refractivity contribution in [3.8, 4) is 0 Å². The third-order valence-electron chi connectivity index (χ3n) is 2.63. The number of hydrogen-bond acceptors (Lipinski definition) is 2. The smallest absolute Gasteiger partial charge is 0.200 e. The summed E-state index contributed by atoms with van der Waals surface area (Å²) < 4.78 is 66.6. The van der Waals surface area contributed by atoms with Crippen molar-refractivity contribution < 1.29 is 22.0 Å². The van der Waals surface area contributed by atoms with E-state index in [1.54, 1.807) is 18.2 Å². The largest absolute Gasteiger partial charge is 0.399 e. The van der Waals surface area contributed by atoms with E-state index in [-0.39, 0.29) is 0 Å². The van der Waals surface area contributed by atoms with Crippen LogP contribution in [0, 0.1) is 29.1 Å². The van der Waals surface area contributed by atoms with Crippen LogP contribution in [0.5, 0.6) is 0 Å². The number of hydrogen-bond donors (Lipinski definition) is 1. The Morgan fingerprint density at radius 1 is 0.905 bits per heavy atom. The molecule has 0 aromatic heterocycles. The highest BCUT2D eigenvalue weighted by Gasteiger charge is 2.25. The predicted molar refractivity (Wildman–Crippen MR) is 74.3 cm³/mol. The molecule has 0 aliphatic carbocycles. The van der Waals surface area contributed by atoms with Crippen LogP contribution >= 0.6 is 27.7 Å². The molecule has 112 valence electrons. The van der Waals surface area contributed by atoms with Crippen LogP contribution in [-0.2, 0) is 5.75 Å². The van der Waals surface area contributed by atoms with E-state index in [0.29, 0.717) is 15.1 Å². The van der Waals surface area contributed by atoms with Crippen LogP contribution in [0.4, 0.5) is 27.6 Å². The van der Waals surface area contributed by atoms with Gasteiger partial charge in [-0.05, 0) is 34.1 Å². The zero-order valence-electron chi connectivity index (χ0n) is 10.2. The fourth-order valence-electron chi connectivity index (χ4n) is 1.56. The highest BCUT2D eigenvalue weighted by atomic mass is 79.9. The van der Waals surface area contributed by atoms with E-state index in [4.69, 9.17) is 5.73 Å². The molecular weight excluding hydrogens is 377 g/mol. The lowest BCUT2D eigenvalue weighted by Crippen LogP contribution is -2.06. The summed E-state index contributed by atoms with van der Waals surface area (Å²) in [5, 5.41) is 0. The molecule has 0 saturated carbocycles. The van der Waals surface area contributed by atoms with Crippen LogP contribution in [0.3, 0.4) is 0 Å². The number of rotatable bonds is 3. The molecule has 0 radical (unpaired) electrons. The third kappa shape index (κ3) is 3.16. The first-order chi connectivity index (χ1) is 9.82. The minimum absolute atomic E-state index is 0.408. The number of halogens is 6. The Bertz CT molecular complexity index is 678. The second-order valence-electron chi connectivity index (χ2n) is 4.03. The third-order valence-corrected chi connectivity index (χ3v) is 4.65. The van der Waals surface area contributed by atoms with Crippen molar-refractivity contribution >= 4 is 33.4 Å². The molecule has 0 spiro atoms. The molecule has 0 aliphatic heterocycles. The molecule has 2 aromatic carbocycles. The molecule has 21 heavy (non-hydrogen) atoms. The van der Waals surface area contributed by atoms with Crippen molar-refractivity contribution in [3.63, 3.8) is 0 Å². The van der Waals surface area contributed by atoms with Crippen LogP contribution in [0.25, 0.3) is 0 Å². The summed E-state index contributed by atoms with van der Waals surface area (Å²) in [4.78, 5) is 0.563. The lowest BCUT2D eigenvalue weighted by atomic mass is 10.2. The van der Waals surface area contributed by atoms with Gasteiger partial charge in [-0.25, -0.2) is 22.0 Å². The minimum atomic E-state index is -2.16. The Labute approximate surface area is 129 Å². The van der Waals surface area contributed by atoms with E-state index < -0.39 is 40.4 Å². The van der Waals surface area contributed by atoms with Gasteiger partial charge in [0.2, 0.25) is 5.82 Å². The van der Waals surface area contributed by atoms with Gasteiger partial charge >= 0.3 is 0 Å². The van der Waals surface area contributed by atoms with Crippen molar-refractivity contribution in [1.29, 1.82) is 0 Å². The maximum absolute atomic E-state index is 13.5. The average molecular weight is 384 g/mol. The molecule has 0 fully saturated rings. The van der Waals surface area contributed by atoms with Gasteiger partial charge in [0.15, 0.2) is 23.3 Å². The first-order valence-corrected chi connectivity index (χ1v) is 7.29. The normalized spacial score (nSPS) is 11.0. The van der Waals surface area contributed by atoms with Crippen molar-refractivity contribution in [1.82, 2.24) is 0 Å². The maximum Gasteiger partial charge on any atom is 0.200 e. The topological polar surface area (TPSA) is 26.0 Å². The van der Waals surface area contributed by atoms with Gasteiger partial charge in [-0.15, -0.1) is 11.8 Å². The highest BCUT2D eigenvalue weighted by Crippen LogP contribution is 2.34. The van der Waals surface area contributed by atoms with Crippen LogP contribution < -0.4 is 5.73 Å². The predicted octanol–water partition coefficient (Wildman–Crippen LogP) is 5.02. The molecule has 0 heterocycles. The first kappa shape index (κ1) is 16.1. The van der Waals surface area contributed by atoms with Crippen molar-refractivity contribution in [2.75, 3.05) is 5.73 Å². The second kappa shape index (κ2) is 6.23. The fourth-order valence-corrected chi connectivity index (χ4v) is 3.22. The number of nitrogens with two attached hydrogens (primary N) is 1. The number of thioether (sulfide) groups is 1. The van der Waals surface area contributed by atoms with E-state index in [1.807, 2.05) is 0 Å². The van der Waals surface area contributed by atoms with Gasteiger partial charge in [-0.2, -0.15) is 0 Å². The Hall–Kier alpha value is -1.28. The number of nitrogen functional groups attached to an aromatic ring is 1. The van der Waals surface area contributed by atoms with Crippen molar-refractivity contribution in [3.05, 3.63) is 57.3 Å². The molecule has 2 N–H and O–H groups in total. The fraction of sp³-hybridized carbons (Fsp3) is 0.0769. The SMILES string of the molecule is Nc1ccc(SCc2c(F)c(F)c(F)c(F)c2F)c(Br)c1. The van der Waals surface area contributed by atoms with Gasteiger partial charge in [-0.1, -0.05) is 0 Å². The maximum atomic E-state index is 13.5. The molecule has 2 rings (SSSR count). The average Bonchev–Trinajstić information content (AvgIpc) is 2.45. The summed E-state index contributed by atoms with van der Waals surface area (Å²) >= 11 is 4.12. The van der Waals surface area contributed by atoms with Crippen LogP contribution in [-0.4, -0.2) is 0 Å². The summed E-state index contributed by atoms with van der Waals surface area (Å²) in [5.74, 6) is -10.1. The van der Waals surface area contributed by atoms with Gasteiger partial charge in [0.05, 0.1) is 0 Å². The highest BCUT2D eigenvalue weighted by molar-refractivity contribution is 9.10. The monoisotopic (exact) mass is 383 g/mol. The van der Waals surface area contributed by atoms with E-state index in [0.717, 1.165) is 11.8 Å². The van der Waals surface area contributed by atoms with Crippen LogP contribution in [0.15, 0.2) is 27.6 Å². The van der Waals surface area contributed by atoms with Crippen LogP contribution in [0.2, 0.25) is 0 Å². The molecule has 0 amide bonds. The van der Waals surface area contributed by atoms with E-state index in [1.165, 1.54) is 0 Å². The van der Waals surface area contributed by atoms with Crippen molar-refractivity contribution in [2.24, 2.45) is 0 Å². The lowest BCUT2D eigenvalue weighted by molar-refractivity contribution is 0.372.